The summed E-state index contributed by atoms with van der Waals surface area (Å²) in [6.07, 6.45) is 3.29. The third-order valence-electron chi connectivity index (χ3n) is 4.76. The Morgan fingerprint density at radius 3 is 2.57 bits per heavy atom. The average molecular weight is 318 g/mol. The minimum Gasteiger partial charge on any atom is -0.497 e. The van der Waals surface area contributed by atoms with Crippen molar-refractivity contribution in [2.75, 3.05) is 31.6 Å². The Morgan fingerprint density at radius 2 is 2.00 bits per heavy atom. The van der Waals surface area contributed by atoms with Gasteiger partial charge < -0.3 is 14.5 Å². The van der Waals surface area contributed by atoms with Crippen molar-refractivity contribution in [1.82, 2.24) is 4.90 Å². The second-order valence-corrected chi connectivity index (χ2v) is 6.57. The third-order valence-corrected chi connectivity index (χ3v) is 4.76. The number of amides is 1. The number of carbonyl (C=O) groups is 1. The summed E-state index contributed by atoms with van der Waals surface area (Å²) < 4.78 is 5.22. The van der Waals surface area contributed by atoms with Crippen LogP contribution in [0, 0.1) is 5.92 Å². The number of methoxy groups -OCH3 is 1. The molecule has 1 aromatic rings. The van der Waals surface area contributed by atoms with E-state index in [9.17, 15) is 4.79 Å². The maximum atomic E-state index is 12.6. The Bertz CT molecular complexity index is 501. The minimum atomic E-state index is 0.148. The summed E-state index contributed by atoms with van der Waals surface area (Å²) in [6, 6.07) is 8.51. The van der Waals surface area contributed by atoms with Crippen molar-refractivity contribution in [1.29, 1.82) is 0 Å². The second-order valence-electron chi connectivity index (χ2n) is 6.57. The molecule has 4 nitrogen and oxygen atoms in total. The van der Waals surface area contributed by atoms with Crippen LogP contribution < -0.4 is 9.64 Å². The molecule has 0 N–H and O–H groups in total. The zero-order valence-corrected chi connectivity index (χ0v) is 14.9. The van der Waals surface area contributed by atoms with Gasteiger partial charge in [-0.1, -0.05) is 26.7 Å². The molecule has 128 valence electrons. The summed E-state index contributed by atoms with van der Waals surface area (Å²) in [6.45, 7) is 8.94. The number of ether oxygens (including phenoxy) is 1. The molecule has 0 radical (unpaired) electrons. The first-order valence-corrected chi connectivity index (χ1v) is 8.76. The average Bonchev–Trinajstić information content (AvgIpc) is 2.59. The normalized spacial score (nSPS) is 19.6. The van der Waals surface area contributed by atoms with Crippen LogP contribution in [0.15, 0.2) is 24.3 Å². The minimum absolute atomic E-state index is 0.148. The molecule has 0 aromatic heterocycles. The first-order chi connectivity index (χ1) is 11.1. The molecule has 0 aliphatic carbocycles. The lowest BCUT2D eigenvalue weighted by molar-refractivity contribution is -0.136. The van der Waals surface area contributed by atoms with Gasteiger partial charge in [-0.3, -0.25) is 4.79 Å². The van der Waals surface area contributed by atoms with Gasteiger partial charge >= 0.3 is 0 Å². The standard InChI is InChI=1S/C19H30N2O2/c1-5-6-7-15(2)19(22)20-12-13-21(16(3)14-20)17-8-10-18(23-4)11-9-17/h8-11,15-16H,5-7,12-14H2,1-4H3. The summed E-state index contributed by atoms with van der Waals surface area (Å²) >= 11 is 0. The molecule has 1 fully saturated rings. The van der Waals surface area contributed by atoms with Crippen LogP contribution in [0.5, 0.6) is 5.75 Å². The van der Waals surface area contributed by atoms with Gasteiger partial charge in [-0.05, 0) is 37.6 Å². The molecule has 1 amide bonds. The van der Waals surface area contributed by atoms with Crippen molar-refractivity contribution in [3.05, 3.63) is 24.3 Å². The van der Waals surface area contributed by atoms with Crippen molar-refractivity contribution < 1.29 is 9.53 Å². The molecule has 1 saturated heterocycles. The molecular formula is C19H30N2O2. The van der Waals surface area contributed by atoms with Gasteiger partial charge in [0, 0.05) is 37.3 Å². The Morgan fingerprint density at radius 1 is 1.30 bits per heavy atom. The Labute approximate surface area is 140 Å². The van der Waals surface area contributed by atoms with Crippen LogP contribution in [0.3, 0.4) is 0 Å². The SMILES string of the molecule is CCCCC(C)C(=O)N1CCN(c2ccc(OC)cc2)C(C)C1. The van der Waals surface area contributed by atoms with Gasteiger partial charge in [-0.25, -0.2) is 0 Å². The molecule has 2 atom stereocenters. The molecule has 0 spiro atoms. The van der Waals surface area contributed by atoms with Crippen LogP contribution in [-0.4, -0.2) is 43.6 Å². The Balaban J connectivity index is 1.94. The number of nitrogens with zero attached hydrogens (tertiary/aromatic N) is 2. The van der Waals surface area contributed by atoms with Crippen LogP contribution >= 0.6 is 0 Å². The third kappa shape index (κ3) is 4.40. The molecule has 1 aliphatic rings. The highest BCUT2D eigenvalue weighted by Gasteiger charge is 2.28. The quantitative estimate of drug-likeness (QED) is 0.804. The Kier molecular flexibility index (Phi) is 6.31. The van der Waals surface area contributed by atoms with E-state index in [0.717, 1.165) is 44.6 Å². The van der Waals surface area contributed by atoms with Gasteiger partial charge in [-0.2, -0.15) is 0 Å². The van der Waals surface area contributed by atoms with Crippen molar-refractivity contribution in [3.63, 3.8) is 0 Å². The van der Waals surface area contributed by atoms with Crippen molar-refractivity contribution in [3.8, 4) is 5.75 Å². The summed E-state index contributed by atoms with van der Waals surface area (Å²) in [5.41, 5.74) is 1.20. The van der Waals surface area contributed by atoms with E-state index in [2.05, 4.69) is 37.8 Å². The summed E-state index contributed by atoms with van der Waals surface area (Å²) in [5, 5.41) is 0. The topological polar surface area (TPSA) is 32.8 Å². The summed E-state index contributed by atoms with van der Waals surface area (Å²) in [7, 11) is 1.68. The lowest BCUT2D eigenvalue weighted by Gasteiger charge is -2.42. The monoisotopic (exact) mass is 318 g/mol. The number of hydrogen-bond acceptors (Lipinski definition) is 3. The van der Waals surface area contributed by atoms with E-state index >= 15 is 0 Å². The van der Waals surface area contributed by atoms with Gasteiger partial charge in [0.1, 0.15) is 5.75 Å². The van der Waals surface area contributed by atoms with Crippen LogP contribution in [0.2, 0.25) is 0 Å². The van der Waals surface area contributed by atoms with E-state index in [0.29, 0.717) is 11.9 Å². The number of anilines is 1. The summed E-state index contributed by atoms with van der Waals surface area (Å²) in [5.74, 6) is 1.34. The molecule has 2 rings (SSSR count). The van der Waals surface area contributed by atoms with Crippen LogP contribution in [0.4, 0.5) is 5.69 Å². The second kappa shape index (κ2) is 8.23. The van der Waals surface area contributed by atoms with Gasteiger partial charge in [0.25, 0.3) is 0 Å². The number of hydrogen-bond donors (Lipinski definition) is 0. The molecule has 23 heavy (non-hydrogen) atoms. The predicted octanol–water partition coefficient (Wildman–Crippen LogP) is 3.56. The van der Waals surface area contributed by atoms with E-state index in [-0.39, 0.29) is 5.92 Å². The van der Waals surface area contributed by atoms with Gasteiger partial charge in [0.05, 0.1) is 7.11 Å². The lowest BCUT2D eigenvalue weighted by atomic mass is 10.0. The zero-order valence-electron chi connectivity index (χ0n) is 14.9. The molecule has 2 unspecified atom stereocenters. The molecule has 1 heterocycles. The van der Waals surface area contributed by atoms with E-state index in [1.807, 2.05) is 17.0 Å². The van der Waals surface area contributed by atoms with Crippen molar-refractivity contribution in [2.45, 2.75) is 46.1 Å². The van der Waals surface area contributed by atoms with Crippen molar-refractivity contribution >= 4 is 11.6 Å². The number of piperazine rings is 1. The zero-order chi connectivity index (χ0) is 16.8. The highest BCUT2D eigenvalue weighted by molar-refractivity contribution is 5.78. The highest BCUT2D eigenvalue weighted by Crippen LogP contribution is 2.24. The fourth-order valence-electron chi connectivity index (χ4n) is 3.26. The van der Waals surface area contributed by atoms with E-state index in [1.54, 1.807) is 7.11 Å². The van der Waals surface area contributed by atoms with E-state index < -0.39 is 0 Å². The van der Waals surface area contributed by atoms with Gasteiger partial charge in [-0.15, -0.1) is 0 Å². The first-order valence-electron chi connectivity index (χ1n) is 8.76. The fourth-order valence-corrected chi connectivity index (χ4v) is 3.26. The maximum absolute atomic E-state index is 12.6. The molecular weight excluding hydrogens is 288 g/mol. The maximum Gasteiger partial charge on any atom is 0.225 e. The van der Waals surface area contributed by atoms with Gasteiger partial charge in [0.2, 0.25) is 5.91 Å². The summed E-state index contributed by atoms with van der Waals surface area (Å²) in [4.78, 5) is 17.0. The van der Waals surface area contributed by atoms with Gasteiger partial charge in [0.15, 0.2) is 0 Å². The highest BCUT2D eigenvalue weighted by atomic mass is 16.5. The van der Waals surface area contributed by atoms with Crippen molar-refractivity contribution in [2.24, 2.45) is 5.92 Å². The molecule has 0 saturated carbocycles. The number of carbonyl (C=O) groups excluding carboxylic acids is 1. The lowest BCUT2D eigenvalue weighted by Crippen LogP contribution is -2.54. The molecule has 4 heteroatoms. The Hall–Kier alpha value is -1.71. The van der Waals surface area contributed by atoms with E-state index in [1.165, 1.54) is 5.69 Å². The molecule has 0 bridgehead atoms. The van der Waals surface area contributed by atoms with Crippen LogP contribution in [-0.2, 0) is 4.79 Å². The molecule has 1 aliphatic heterocycles. The predicted molar refractivity (Wildman–Crippen MR) is 95.1 cm³/mol. The smallest absolute Gasteiger partial charge is 0.225 e. The fraction of sp³-hybridized carbons (Fsp3) is 0.632. The van der Waals surface area contributed by atoms with Crippen LogP contribution in [0.25, 0.3) is 0 Å². The number of unbranched alkanes of at least 4 members (excludes halogenated alkanes) is 1. The largest absolute Gasteiger partial charge is 0.497 e. The van der Waals surface area contributed by atoms with E-state index in [4.69, 9.17) is 4.74 Å². The number of benzene rings is 1. The number of rotatable bonds is 6. The first kappa shape index (κ1) is 17.6. The molecule has 1 aromatic carbocycles. The van der Waals surface area contributed by atoms with Crippen LogP contribution in [0.1, 0.15) is 40.0 Å².